The number of carbonyl (C=O) groups excluding carboxylic acids is 10. The highest BCUT2D eigenvalue weighted by Crippen LogP contribution is 2.22. The number of thiol groups is 3. The number of aliphatic carboxylic acids is 3. The Morgan fingerprint density at radius 2 is 0.608 bits per heavy atom. The van der Waals surface area contributed by atoms with Crippen molar-refractivity contribution in [3.8, 4) is 0 Å². The fraction of sp³-hybridized carbons (Fsp3) is 0.772. The van der Waals surface area contributed by atoms with Gasteiger partial charge in [0.25, 0.3) is 0 Å². The average molecular weight is 1460 g/mol. The van der Waals surface area contributed by atoms with Crippen LogP contribution in [0.15, 0.2) is 0 Å². The standard InChI is InChI=1S/C57H96N6O31S3/c1-25(2-7-43(77)58-16-37(71)48(84)51(87)40(74)19-64)33(67)14-28(22-95)56(92)62-31(6-11-47(82)83)34(68)12-26(3-8-44(78)59-17-38(72)49(85)52(88)41(75)20-65)55(91)63-32(24-97)36(70)13-27(4-10-46(80)81)54(90)61-30(35(69)15-29(23-96)57(93)94)5-9-45(79)60-18-39(73)50(86)53(89)42(76)21-66/h25-32,37-42,48-53,64-66,71-76,84-89,95-97H,2-24H2,1H3,(H,58,77)(H,59,78)(H,60,79)(H,61,90)(H,62,92)(H,63,91)(H,80,81)(H,82,83)(H,93,94)/t25-,26+,27+,28-,29-,30-,31-,32-,37-,38-,39-,40+,41+,42+,48+,49+,50+,51+,52+,53+/m0/s1. The molecule has 0 saturated carbocycles. The van der Waals surface area contributed by atoms with Gasteiger partial charge in [-0.1, -0.05) is 6.92 Å². The number of hydrogen-bond acceptors (Lipinski definition) is 31. The third-order valence-corrected chi connectivity index (χ3v) is 16.8. The number of hydrogen-bond donors (Lipinski definition) is 27. The van der Waals surface area contributed by atoms with E-state index in [0.717, 1.165) is 0 Å². The van der Waals surface area contributed by atoms with Gasteiger partial charge in [-0.2, -0.15) is 37.9 Å². The normalized spacial score (nSPS) is 17.8. The maximum absolute atomic E-state index is 14.4. The predicted octanol–water partition coefficient (Wildman–Crippen LogP) is -10.0. The van der Waals surface area contributed by atoms with Crippen LogP contribution in [0.25, 0.3) is 0 Å². The number of carboxylic acid groups (broad SMARTS) is 3. The van der Waals surface area contributed by atoms with Crippen LogP contribution in [0.5, 0.6) is 0 Å². The lowest BCUT2D eigenvalue weighted by Crippen LogP contribution is -2.50. The van der Waals surface area contributed by atoms with E-state index in [4.69, 9.17) is 15.3 Å². The number of nitrogens with one attached hydrogen (secondary N) is 6. The van der Waals surface area contributed by atoms with Gasteiger partial charge in [0.05, 0.1) is 68.1 Å². The summed E-state index contributed by atoms with van der Waals surface area (Å²) in [6.07, 6.45) is -33.0. The van der Waals surface area contributed by atoms with Gasteiger partial charge in [0.1, 0.15) is 60.7 Å². The van der Waals surface area contributed by atoms with E-state index in [1.165, 1.54) is 6.92 Å². The molecule has 0 radical (unpaired) electrons. The van der Waals surface area contributed by atoms with E-state index in [2.05, 4.69) is 69.8 Å². The quantitative estimate of drug-likeness (QED) is 0.0251. The summed E-state index contributed by atoms with van der Waals surface area (Å²) in [7, 11) is 0. The van der Waals surface area contributed by atoms with Crippen molar-refractivity contribution in [2.24, 2.45) is 29.6 Å². The number of ketones is 4. The molecule has 0 rings (SSSR count). The van der Waals surface area contributed by atoms with Crippen molar-refractivity contribution >= 4 is 114 Å². The Hall–Kier alpha value is -5.64. The highest BCUT2D eigenvalue weighted by Gasteiger charge is 2.38. The Labute approximate surface area is 572 Å². The number of Topliss-reactive ketones (excluding diaryl/α,β-unsaturated/α-hetero) is 4. The smallest absolute Gasteiger partial charge is 0.307 e. The molecule has 0 aromatic carbocycles. The van der Waals surface area contributed by atoms with Crippen molar-refractivity contribution in [3.05, 3.63) is 0 Å². The van der Waals surface area contributed by atoms with Crippen LogP contribution in [0.2, 0.25) is 0 Å². The van der Waals surface area contributed by atoms with Crippen molar-refractivity contribution < 1.29 is 154 Å². The number of amides is 6. The molecule has 24 N–H and O–H groups in total. The highest BCUT2D eigenvalue weighted by molar-refractivity contribution is 7.80. The highest BCUT2D eigenvalue weighted by atomic mass is 32.1. The summed E-state index contributed by atoms with van der Waals surface area (Å²) in [5.74, 6) is -22.8. The van der Waals surface area contributed by atoms with Gasteiger partial charge in [-0.3, -0.25) is 62.3 Å². The van der Waals surface area contributed by atoms with E-state index in [0.29, 0.717) is 0 Å². The molecule has 0 bridgehead atoms. The Balaban J connectivity index is 6.99. The SMILES string of the molecule is C[C@@H](CCC(=O)NC[C@H](O)[C@@H](O)[C@H](O)[C@H](O)CO)C(=O)C[C@@H](CS)C(=O)N[C@@H](CCC(=O)O)C(=O)C[C@@H](CCC(=O)NC[C@H](O)[C@@H](O)[C@H](O)[C@H](O)CO)C(=O)N[C@@H](CS)C(=O)C[C@@H](CCC(=O)O)C(=O)N[C@@H](CCC(=O)NC[C@H](O)[C@@H](O)[C@H](O)[C@H](O)CO)C(=O)C[C@@H](CS)C(=O)O. The lowest BCUT2D eigenvalue weighted by Gasteiger charge is -2.26. The van der Waals surface area contributed by atoms with Gasteiger partial charge in [0.2, 0.25) is 35.4 Å². The molecule has 0 aliphatic carbocycles. The second-order valence-electron chi connectivity index (χ2n) is 23.2. The number of carboxylic acids is 3. The van der Waals surface area contributed by atoms with Gasteiger partial charge in [0.15, 0.2) is 17.3 Å². The van der Waals surface area contributed by atoms with Gasteiger partial charge in [-0.25, -0.2) is 0 Å². The average Bonchev–Trinajstić information content (AvgIpc) is 0.936. The van der Waals surface area contributed by atoms with Gasteiger partial charge < -0.3 is 124 Å². The number of rotatable bonds is 55. The Bertz CT molecular complexity index is 2550. The molecule has 0 fully saturated rings. The molecule has 0 saturated heterocycles. The lowest BCUT2D eigenvalue weighted by molar-refractivity contribution is -0.143. The summed E-state index contributed by atoms with van der Waals surface area (Å²) in [5.41, 5.74) is 0. The monoisotopic (exact) mass is 1460 g/mol. The van der Waals surface area contributed by atoms with Crippen molar-refractivity contribution in [1.82, 2.24) is 31.9 Å². The zero-order valence-electron chi connectivity index (χ0n) is 53.0. The molecule has 0 spiro atoms. The van der Waals surface area contributed by atoms with Crippen molar-refractivity contribution in [3.63, 3.8) is 0 Å². The minimum atomic E-state index is -2.14. The second-order valence-corrected chi connectivity index (χ2v) is 24.3. The molecule has 20 atom stereocenters. The van der Waals surface area contributed by atoms with Crippen LogP contribution in [0.4, 0.5) is 0 Å². The molecular weight excluding hydrogens is 1360 g/mol. The van der Waals surface area contributed by atoms with Crippen molar-refractivity contribution in [2.75, 3.05) is 56.7 Å². The van der Waals surface area contributed by atoms with Crippen LogP contribution in [-0.4, -0.2) is 316 Å². The molecule has 40 heteroatoms. The Kier molecular flexibility index (Phi) is 45.4. The molecule has 0 aromatic heterocycles. The summed E-state index contributed by atoms with van der Waals surface area (Å²) >= 11 is 12.3. The van der Waals surface area contributed by atoms with Crippen LogP contribution in [0.3, 0.4) is 0 Å². The first-order valence-electron chi connectivity index (χ1n) is 30.7. The molecule has 37 nitrogen and oxygen atoms in total. The molecule has 0 aromatic rings. The van der Waals surface area contributed by atoms with E-state index in [-0.39, 0.29) is 18.6 Å². The largest absolute Gasteiger partial charge is 0.481 e. The third-order valence-electron chi connectivity index (χ3n) is 15.6. The topological polar surface area (TPSA) is 658 Å². The van der Waals surface area contributed by atoms with Crippen LogP contribution in [0, 0.1) is 29.6 Å². The van der Waals surface area contributed by atoms with Crippen molar-refractivity contribution in [2.45, 2.75) is 188 Å². The fourth-order valence-electron chi connectivity index (χ4n) is 9.07. The van der Waals surface area contributed by atoms with Crippen molar-refractivity contribution in [1.29, 1.82) is 0 Å². The van der Waals surface area contributed by atoms with Crippen LogP contribution in [-0.2, 0) is 62.3 Å². The van der Waals surface area contributed by atoms with E-state index in [1.807, 2.05) is 0 Å². The van der Waals surface area contributed by atoms with Gasteiger partial charge in [0, 0.05) is 112 Å². The summed E-state index contributed by atoms with van der Waals surface area (Å²) in [6.45, 7) is -3.81. The maximum atomic E-state index is 14.4. The molecule has 0 aliphatic rings. The molecular formula is C57H96N6O31S3. The van der Waals surface area contributed by atoms with Crippen LogP contribution >= 0.6 is 37.9 Å². The van der Waals surface area contributed by atoms with E-state index < -0.39 is 325 Å². The van der Waals surface area contributed by atoms with Crippen LogP contribution < -0.4 is 31.9 Å². The first-order chi connectivity index (χ1) is 45.3. The van der Waals surface area contributed by atoms with E-state index in [1.54, 1.807) is 0 Å². The molecule has 97 heavy (non-hydrogen) atoms. The minimum Gasteiger partial charge on any atom is -0.481 e. The van der Waals surface area contributed by atoms with Gasteiger partial charge in [-0.05, 0) is 32.1 Å². The third kappa shape index (κ3) is 34.8. The second kappa shape index (κ2) is 48.2. The summed E-state index contributed by atoms with van der Waals surface area (Å²) in [6, 6.07) is -5.26. The number of aliphatic hydroxyl groups excluding tert-OH is 15. The zero-order valence-corrected chi connectivity index (χ0v) is 55.7. The van der Waals surface area contributed by atoms with Gasteiger partial charge >= 0.3 is 17.9 Å². The summed E-state index contributed by atoms with van der Waals surface area (Å²) in [4.78, 5) is 172. The Morgan fingerprint density at radius 1 is 0.330 bits per heavy atom. The fourth-order valence-corrected chi connectivity index (χ4v) is 9.95. The van der Waals surface area contributed by atoms with Gasteiger partial charge in [-0.15, -0.1) is 0 Å². The Morgan fingerprint density at radius 3 is 0.948 bits per heavy atom. The molecule has 0 aliphatic heterocycles. The maximum Gasteiger partial charge on any atom is 0.307 e. The van der Waals surface area contributed by atoms with Crippen LogP contribution in [0.1, 0.15) is 96.8 Å². The number of carbonyl (C=O) groups is 13. The molecule has 0 unspecified atom stereocenters. The predicted molar refractivity (Wildman–Crippen MR) is 340 cm³/mol. The lowest BCUT2D eigenvalue weighted by atomic mass is 9.89. The minimum absolute atomic E-state index is 0.139. The molecule has 0 heterocycles. The van der Waals surface area contributed by atoms with E-state index >= 15 is 0 Å². The molecule has 558 valence electrons. The summed E-state index contributed by atoms with van der Waals surface area (Å²) < 4.78 is 0. The summed E-state index contributed by atoms with van der Waals surface area (Å²) in [5, 5.41) is 189. The first kappa shape index (κ1) is 91.4. The number of aliphatic hydroxyl groups is 15. The molecule has 6 amide bonds. The van der Waals surface area contributed by atoms with E-state index in [9.17, 15) is 139 Å². The zero-order chi connectivity index (χ0) is 74.6. The first-order valence-corrected chi connectivity index (χ1v) is 32.6.